The van der Waals surface area contributed by atoms with Gasteiger partial charge in [-0.25, -0.2) is 9.97 Å². The predicted molar refractivity (Wildman–Crippen MR) is 149 cm³/mol. The van der Waals surface area contributed by atoms with Crippen molar-refractivity contribution in [3.8, 4) is 28.4 Å². The lowest BCUT2D eigenvalue weighted by molar-refractivity contribution is 0.414. The van der Waals surface area contributed by atoms with Crippen LogP contribution in [0.15, 0.2) is 42.7 Å². The molecule has 36 heavy (non-hydrogen) atoms. The summed E-state index contributed by atoms with van der Waals surface area (Å²) in [6, 6.07) is 10.6. The minimum absolute atomic E-state index is 0.434. The second kappa shape index (κ2) is 9.35. The van der Waals surface area contributed by atoms with Crippen LogP contribution in [0, 0.1) is 0 Å². The van der Waals surface area contributed by atoms with E-state index >= 15 is 0 Å². The zero-order valence-electron chi connectivity index (χ0n) is 21.7. The van der Waals surface area contributed by atoms with Gasteiger partial charge in [-0.15, -0.1) is 0 Å². The van der Waals surface area contributed by atoms with Crippen molar-refractivity contribution < 1.29 is 4.74 Å². The lowest BCUT2D eigenvalue weighted by Gasteiger charge is -2.25. The van der Waals surface area contributed by atoms with E-state index in [9.17, 15) is 0 Å². The lowest BCUT2D eigenvalue weighted by atomic mass is 10.0. The first-order valence-electron chi connectivity index (χ1n) is 12.3. The molecule has 0 unspecified atom stereocenters. The average molecular weight is 486 g/mol. The summed E-state index contributed by atoms with van der Waals surface area (Å²) in [7, 11) is 9.80. The van der Waals surface area contributed by atoms with Gasteiger partial charge in [-0.3, -0.25) is 0 Å². The molecule has 0 aliphatic heterocycles. The highest BCUT2D eigenvalue weighted by atomic mass is 16.5. The maximum Gasteiger partial charge on any atom is 0.164 e. The second-order valence-electron chi connectivity index (χ2n) is 10.00. The van der Waals surface area contributed by atoms with Crippen LogP contribution < -0.4 is 21.1 Å². The van der Waals surface area contributed by atoms with Crippen LogP contribution in [0.1, 0.15) is 24.3 Å². The van der Waals surface area contributed by atoms with Gasteiger partial charge in [-0.05, 0) is 50.6 Å². The zero-order valence-corrected chi connectivity index (χ0v) is 21.7. The number of nitrogens with two attached hydrogens (primary N) is 2. The zero-order chi connectivity index (χ0) is 25.6. The SMILES string of the molecule is COc1cc(N(C)CCN(C)C)c(N)c(-c2nccc(-c3cn(C)c4cc(C5CC5)ccc34)n2)c1N. The van der Waals surface area contributed by atoms with Gasteiger partial charge in [0.15, 0.2) is 5.82 Å². The number of fused-ring (bicyclic) bond motifs is 1. The molecule has 2 heterocycles. The van der Waals surface area contributed by atoms with E-state index in [1.54, 1.807) is 13.3 Å². The van der Waals surface area contributed by atoms with Crippen LogP contribution >= 0.6 is 0 Å². The molecule has 8 heteroatoms. The predicted octanol–water partition coefficient (Wildman–Crippen LogP) is 4.35. The van der Waals surface area contributed by atoms with Gasteiger partial charge in [0.25, 0.3) is 0 Å². The van der Waals surface area contributed by atoms with Gasteiger partial charge < -0.3 is 30.6 Å². The standard InChI is InChI=1S/C28H35N7O/c1-33(2)12-13-34(3)23-15-24(36-5)27(30)25(26(23)29)28-31-11-10-21(32-28)20-16-35(4)22-14-18(17-6-7-17)8-9-19(20)22/h8-11,14-17H,6-7,12-13,29-30H2,1-5H3. The van der Waals surface area contributed by atoms with Gasteiger partial charge in [0, 0.05) is 62.1 Å². The lowest BCUT2D eigenvalue weighted by Crippen LogP contribution is -2.29. The highest BCUT2D eigenvalue weighted by Gasteiger charge is 2.25. The first-order valence-corrected chi connectivity index (χ1v) is 12.3. The molecular weight excluding hydrogens is 450 g/mol. The van der Waals surface area contributed by atoms with Crippen molar-refractivity contribution >= 4 is 28.0 Å². The Kier molecular flexibility index (Phi) is 6.22. The highest BCUT2D eigenvalue weighted by molar-refractivity contribution is 5.97. The number of benzene rings is 2. The van der Waals surface area contributed by atoms with Crippen molar-refractivity contribution in [3.05, 3.63) is 48.3 Å². The van der Waals surface area contributed by atoms with E-state index < -0.39 is 0 Å². The molecular formula is C28H35N7O. The van der Waals surface area contributed by atoms with Crippen LogP contribution in [0.2, 0.25) is 0 Å². The summed E-state index contributed by atoms with van der Waals surface area (Å²) in [6.07, 6.45) is 6.47. The molecule has 1 fully saturated rings. The summed E-state index contributed by atoms with van der Waals surface area (Å²) >= 11 is 0. The molecule has 0 radical (unpaired) electrons. The van der Waals surface area contributed by atoms with Crippen molar-refractivity contribution in [2.24, 2.45) is 7.05 Å². The fraction of sp³-hybridized carbons (Fsp3) is 0.357. The van der Waals surface area contributed by atoms with E-state index in [1.165, 1.54) is 29.3 Å². The first kappa shape index (κ1) is 23.9. The molecule has 5 rings (SSSR count). The van der Waals surface area contributed by atoms with Crippen molar-refractivity contribution in [3.63, 3.8) is 0 Å². The van der Waals surface area contributed by atoms with E-state index in [2.05, 4.69) is 50.8 Å². The fourth-order valence-electron chi connectivity index (χ4n) is 4.78. The number of hydrogen-bond acceptors (Lipinski definition) is 7. The smallest absolute Gasteiger partial charge is 0.164 e. The molecule has 4 N–H and O–H groups in total. The summed E-state index contributed by atoms with van der Waals surface area (Å²) < 4.78 is 7.78. The summed E-state index contributed by atoms with van der Waals surface area (Å²) in [5.41, 5.74) is 20.2. The van der Waals surface area contributed by atoms with Gasteiger partial charge in [-0.1, -0.05) is 12.1 Å². The summed E-state index contributed by atoms with van der Waals surface area (Å²) in [6.45, 7) is 1.68. The molecule has 1 aliphatic carbocycles. The Morgan fingerprint density at radius 3 is 2.53 bits per heavy atom. The maximum atomic E-state index is 6.71. The normalized spacial score (nSPS) is 13.5. The Hall–Kier alpha value is -3.78. The molecule has 0 spiro atoms. The van der Waals surface area contributed by atoms with Gasteiger partial charge >= 0.3 is 0 Å². The Morgan fingerprint density at radius 1 is 1.06 bits per heavy atom. The minimum atomic E-state index is 0.434. The molecule has 2 aromatic heterocycles. The molecule has 188 valence electrons. The molecule has 2 aromatic carbocycles. The molecule has 1 aliphatic rings. The van der Waals surface area contributed by atoms with E-state index in [-0.39, 0.29) is 0 Å². The Labute approximate surface area is 212 Å². The van der Waals surface area contributed by atoms with Crippen molar-refractivity contribution in [1.29, 1.82) is 0 Å². The number of rotatable bonds is 8. The van der Waals surface area contributed by atoms with Crippen molar-refractivity contribution in [2.75, 3.05) is 57.7 Å². The van der Waals surface area contributed by atoms with E-state index in [0.29, 0.717) is 34.4 Å². The summed E-state index contributed by atoms with van der Waals surface area (Å²) in [4.78, 5) is 13.8. The summed E-state index contributed by atoms with van der Waals surface area (Å²) in [5.74, 6) is 1.75. The molecule has 0 saturated heterocycles. The van der Waals surface area contributed by atoms with Gasteiger partial charge in [0.1, 0.15) is 5.75 Å². The third kappa shape index (κ3) is 4.33. The van der Waals surface area contributed by atoms with Crippen LogP contribution in [-0.4, -0.2) is 60.8 Å². The van der Waals surface area contributed by atoms with Crippen molar-refractivity contribution in [1.82, 2.24) is 19.4 Å². The number of nitrogens with zero attached hydrogens (tertiary/aromatic N) is 5. The molecule has 8 nitrogen and oxygen atoms in total. The number of aryl methyl sites for hydroxylation is 1. The fourth-order valence-corrected chi connectivity index (χ4v) is 4.78. The first-order chi connectivity index (χ1) is 17.3. The third-order valence-electron chi connectivity index (χ3n) is 7.08. The monoisotopic (exact) mass is 485 g/mol. The maximum absolute atomic E-state index is 6.71. The van der Waals surface area contributed by atoms with Gasteiger partial charge in [-0.2, -0.15) is 0 Å². The van der Waals surface area contributed by atoms with Gasteiger partial charge in [0.2, 0.25) is 0 Å². The van der Waals surface area contributed by atoms with E-state index in [0.717, 1.165) is 30.0 Å². The van der Waals surface area contributed by atoms with Crippen LogP contribution in [0.25, 0.3) is 33.5 Å². The number of hydrogen-bond donors (Lipinski definition) is 2. The van der Waals surface area contributed by atoms with E-state index in [1.807, 2.05) is 33.3 Å². The Morgan fingerprint density at radius 2 is 1.83 bits per heavy atom. The van der Waals surface area contributed by atoms with Crippen molar-refractivity contribution in [2.45, 2.75) is 18.8 Å². The number of aromatic nitrogens is 3. The molecule has 1 saturated carbocycles. The average Bonchev–Trinajstić information content (AvgIpc) is 3.66. The minimum Gasteiger partial charge on any atom is -0.494 e. The Bertz CT molecular complexity index is 1420. The quantitative estimate of drug-likeness (QED) is 0.358. The summed E-state index contributed by atoms with van der Waals surface area (Å²) in [5, 5.41) is 1.17. The van der Waals surface area contributed by atoms with Crippen LogP contribution in [-0.2, 0) is 7.05 Å². The van der Waals surface area contributed by atoms with Crippen LogP contribution in [0.3, 0.4) is 0 Å². The Balaban J connectivity index is 1.59. The number of nitrogen functional groups attached to an aromatic ring is 2. The number of likely N-dealkylation sites (N-methyl/N-ethyl adjacent to an activating group) is 2. The van der Waals surface area contributed by atoms with Crippen LogP contribution in [0.5, 0.6) is 5.75 Å². The largest absolute Gasteiger partial charge is 0.494 e. The molecule has 0 amide bonds. The molecule has 4 aromatic rings. The number of ether oxygens (including phenoxy) is 1. The number of anilines is 3. The number of methoxy groups -OCH3 is 1. The van der Waals surface area contributed by atoms with Crippen LogP contribution in [0.4, 0.5) is 17.1 Å². The third-order valence-corrected chi connectivity index (χ3v) is 7.08. The molecule has 0 atom stereocenters. The topological polar surface area (TPSA) is 98.5 Å². The highest BCUT2D eigenvalue weighted by Crippen LogP contribution is 2.44. The van der Waals surface area contributed by atoms with E-state index in [4.69, 9.17) is 21.2 Å². The molecule has 0 bridgehead atoms. The second-order valence-corrected chi connectivity index (χ2v) is 10.00. The van der Waals surface area contributed by atoms with Gasteiger partial charge in [0.05, 0.1) is 35.4 Å².